The van der Waals surface area contributed by atoms with E-state index in [-0.39, 0.29) is 24.5 Å². The van der Waals surface area contributed by atoms with Crippen LogP contribution in [0, 0.1) is 5.82 Å². The van der Waals surface area contributed by atoms with Crippen molar-refractivity contribution < 1.29 is 27.5 Å². The standard InChI is InChI=1S/C13H11F4N3O2/c14-9-5-8(13(15,16)17)1-2-10(9)18-3-4-20-6-11(12(21)22)19-7-20/h1-2,5-7,18H,3-4H2,(H,21,22). The highest BCUT2D eigenvalue weighted by Gasteiger charge is 2.31. The zero-order valence-corrected chi connectivity index (χ0v) is 11.1. The Morgan fingerprint density at radius 3 is 2.64 bits per heavy atom. The van der Waals surface area contributed by atoms with Crippen LogP contribution in [-0.4, -0.2) is 27.2 Å². The quantitative estimate of drug-likeness (QED) is 0.832. The molecular weight excluding hydrogens is 306 g/mol. The topological polar surface area (TPSA) is 67.2 Å². The number of carboxylic acid groups (broad SMARTS) is 1. The molecule has 0 aliphatic heterocycles. The molecule has 1 aromatic carbocycles. The van der Waals surface area contributed by atoms with Crippen LogP contribution >= 0.6 is 0 Å². The molecule has 0 atom stereocenters. The molecule has 118 valence electrons. The number of rotatable bonds is 5. The van der Waals surface area contributed by atoms with Gasteiger partial charge in [0.2, 0.25) is 0 Å². The first kappa shape index (κ1) is 15.8. The van der Waals surface area contributed by atoms with E-state index in [2.05, 4.69) is 10.3 Å². The van der Waals surface area contributed by atoms with Crippen LogP contribution in [0.5, 0.6) is 0 Å². The average molecular weight is 317 g/mol. The molecule has 22 heavy (non-hydrogen) atoms. The largest absolute Gasteiger partial charge is 0.476 e. The minimum absolute atomic E-state index is 0.0634. The molecule has 0 bridgehead atoms. The molecule has 2 N–H and O–H groups in total. The molecule has 0 saturated heterocycles. The minimum Gasteiger partial charge on any atom is -0.476 e. The van der Waals surface area contributed by atoms with E-state index < -0.39 is 23.5 Å². The van der Waals surface area contributed by atoms with Gasteiger partial charge in [-0.05, 0) is 18.2 Å². The van der Waals surface area contributed by atoms with Crippen LogP contribution in [0.2, 0.25) is 0 Å². The van der Waals surface area contributed by atoms with Crippen LogP contribution in [0.15, 0.2) is 30.7 Å². The summed E-state index contributed by atoms with van der Waals surface area (Å²) in [6.45, 7) is 0.471. The Labute approximate surface area is 122 Å². The van der Waals surface area contributed by atoms with E-state index in [0.717, 1.165) is 12.1 Å². The number of hydrogen-bond donors (Lipinski definition) is 2. The van der Waals surface area contributed by atoms with Gasteiger partial charge in [-0.15, -0.1) is 0 Å². The number of imidazole rings is 1. The predicted molar refractivity (Wildman–Crippen MR) is 69.1 cm³/mol. The zero-order valence-electron chi connectivity index (χ0n) is 11.1. The van der Waals surface area contributed by atoms with E-state index in [1.54, 1.807) is 0 Å². The molecule has 0 radical (unpaired) electrons. The average Bonchev–Trinajstić information content (AvgIpc) is 2.88. The van der Waals surface area contributed by atoms with Gasteiger partial charge in [-0.3, -0.25) is 0 Å². The summed E-state index contributed by atoms with van der Waals surface area (Å²) in [4.78, 5) is 14.3. The van der Waals surface area contributed by atoms with E-state index in [0.29, 0.717) is 6.07 Å². The fraction of sp³-hybridized carbons (Fsp3) is 0.231. The minimum atomic E-state index is -4.59. The summed E-state index contributed by atoms with van der Waals surface area (Å²) in [6, 6.07) is 2.21. The van der Waals surface area contributed by atoms with Crippen molar-refractivity contribution in [3.63, 3.8) is 0 Å². The molecule has 2 aromatic rings. The summed E-state index contributed by atoms with van der Waals surface area (Å²) >= 11 is 0. The molecule has 5 nitrogen and oxygen atoms in total. The number of benzene rings is 1. The van der Waals surface area contributed by atoms with Crippen molar-refractivity contribution in [1.82, 2.24) is 9.55 Å². The maximum absolute atomic E-state index is 13.6. The van der Waals surface area contributed by atoms with E-state index >= 15 is 0 Å². The first-order valence-corrected chi connectivity index (χ1v) is 6.13. The smallest absolute Gasteiger partial charge is 0.416 e. The van der Waals surface area contributed by atoms with Gasteiger partial charge in [-0.1, -0.05) is 0 Å². The maximum atomic E-state index is 13.6. The molecule has 0 amide bonds. The number of carboxylic acids is 1. The lowest BCUT2D eigenvalue weighted by Gasteiger charge is -2.11. The van der Waals surface area contributed by atoms with Gasteiger partial charge >= 0.3 is 12.1 Å². The van der Waals surface area contributed by atoms with Crippen LogP contribution in [0.3, 0.4) is 0 Å². The summed E-state index contributed by atoms with van der Waals surface area (Å²) in [5.74, 6) is -2.17. The van der Waals surface area contributed by atoms with Crippen LogP contribution in [0.1, 0.15) is 16.1 Å². The highest BCUT2D eigenvalue weighted by atomic mass is 19.4. The lowest BCUT2D eigenvalue weighted by molar-refractivity contribution is -0.137. The van der Waals surface area contributed by atoms with Crippen molar-refractivity contribution in [2.45, 2.75) is 12.7 Å². The van der Waals surface area contributed by atoms with Gasteiger partial charge in [0, 0.05) is 19.3 Å². The van der Waals surface area contributed by atoms with Gasteiger partial charge in [0.05, 0.1) is 17.6 Å². The lowest BCUT2D eigenvalue weighted by Crippen LogP contribution is -2.11. The maximum Gasteiger partial charge on any atom is 0.416 e. The van der Waals surface area contributed by atoms with E-state index in [4.69, 9.17) is 5.11 Å². The Hall–Kier alpha value is -2.58. The molecule has 0 unspecified atom stereocenters. The number of anilines is 1. The van der Waals surface area contributed by atoms with E-state index in [1.165, 1.54) is 17.1 Å². The van der Waals surface area contributed by atoms with Crippen molar-refractivity contribution in [2.75, 3.05) is 11.9 Å². The number of halogens is 4. The number of aromatic carboxylic acids is 1. The van der Waals surface area contributed by atoms with Crippen LogP contribution in [0.25, 0.3) is 0 Å². The van der Waals surface area contributed by atoms with Gasteiger partial charge in [0.1, 0.15) is 5.82 Å². The van der Waals surface area contributed by atoms with Crippen molar-refractivity contribution in [3.05, 3.63) is 47.8 Å². The molecule has 0 aliphatic rings. The Morgan fingerprint density at radius 2 is 2.09 bits per heavy atom. The Bertz CT molecular complexity index is 682. The fourth-order valence-electron chi connectivity index (χ4n) is 1.75. The SMILES string of the molecule is O=C(O)c1cn(CCNc2ccc(C(F)(F)F)cc2F)cn1. The summed E-state index contributed by atoms with van der Waals surface area (Å²) in [5, 5.41) is 11.3. The molecule has 0 saturated carbocycles. The third-order valence-corrected chi connectivity index (χ3v) is 2.83. The second kappa shape index (κ2) is 6.04. The number of nitrogens with one attached hydrogen (secondary N) is 1. The molecule has 2 rings (SSSR count). The molecular formula is C13H11F4N3O2. The number of aromatic nitrogens is 2. The van der Waals surface area contributed by atoms with Crippen molar-refractivity contribution in [1.29, 1.82) is 0 Å². The van der Waals surface area contributed by atoms with Crippen molar-refractivity contribution >= 4 is 11.7 Å². The molecule has 1 aromatic heterocycles. The summed E-state index contributed by atoms with van der Waals surface area (Å²) in [6.07, 6.45) is -2.00. The van der Waals surface area contributed by atoms with Gasteiger partial charge in [0.25, 0.3) is 0 Å². The number of hydrogen-bond acceptors (Lipinski definition) is 3. The monoisotopic (exact) mass is 317 g/mol. The number of nitrogens with zero attached hydrogens (tertiary/aromatic N) is 2. The second-order valence-corrected chi connectivity index (χ2v) is 4.42. The molecule has 1 heterocycles. The Morgan fingerprint density at radius 1 is 1.36 bits per heavy atom. The number of alkyl halides is 3. The van der Waals surface area contributed by atoms with Gasteiger partial charge in [0.15, 0.2) is 5.69 Å². The summed E-state index contributed by atoms with van der Waals surface area (Å²) < 4.78 is 52.2. The Kier molecular flexibility index (Phi) is 4.34. The summed E-state index contributed by atoms with van der Waals surface area (Å²) in [7, 11) is 0. The van der Waals surface area contributed by atoms with Crippen molar-refractivity contribution in [3.8, 4) is 0 Å². The van der Waals surface area contributed by atoms with Crippen LogP contribution in [0.4, 0.5) is 23.2 Å². The van der Waals surface area contributed by atoms with E-state index in [1.807, 2.05) is 0 Å². The highest BCUT2D eigenvalue weighted by Crippen LogP contribution is 2.31. The first-order chi connectivity index (χ1) is 10.3. The Balaban J connectivity index is 1.95. The second-order valence-electron chi connectivity index (χ2n) is 4.42. The highest BCUT2D eigenvalue weighted by molar-refractivity contribution is 5.84. The lowest BCUT2D eigenvalue weighted by atomic mass is 10.2. The first-order valence-electron chi connectivity index (χ1n) is 6.13. The van der Waals surface area contributed by atoms with Crippen LogP contribution < -0.4 is 5.32 Å². The van der Waals surface area contributed by atoms with Crippen LogP contribution in [-0.2, 0) is 12.7 Å². The molecule has 0 spiro atoms. The number of carbonyl (C=O) groups is 1. The van der Waals surface area contributed by atoms with Gasteiger partial charge in [-0.25, -0.2) is 14.2 Å². The molecule has 0 aliphatic carbocycles. The molecule has 9 heteroatoms. The summed E-state index contributed by atoms with van der Waals surface area (Å²) in [5.41, 5.74) is -1.25. The zero-order chi connectivity index (χ0) is 16.3. The molecule has 0 fully saturated rings. The predicted octanol–water partition coefficient (Wildman–Crippen LogP) is 2.85. The van der Waals surface area contributed by atoms with E-state index in [9.17, 15) is 22.4 Å². The third kappa shape index (κ3) is 3.74. The third-order valence-electron chi connectivity index (χ3n) is 2.83. The normalized spacial score (nSPS) is 11.5. The van der Waals surface area contributed by atoms with Gasteiger partial charge in [-0.2, -0.15) is 13.2 Å². The van der Waals surface area contributed by atoms with Gasteiger partial charge < -0.3 is 15.0 Å². The van der Waals surface area contributed by atoms with Crippen molar-refractivity contribution in [2.24, 2.45) is 0 Å². The fourth-order valence-corrected chi connectivity index (χ4v) is 1.75.